The summed E-state index contributed by atoms with van der Waals surface area (Å²) >= 11 is 3.49. The molecule has 0 atom stereocenters. The number of carbonyl (C=O) groups excluding carboxylic acids is 1. The first-order chi connectivity index (χ1) is 7.59. The van der Waals surface area contributed by atoms with E-state index in [0.29, 0.717) is 6.61 Å². The van der Waals surface area contributed by atoms with Gasteiger partial charge in [-0.3, -0.25) is 0 Å². The lowest BCUT2D eigenvalue weighted by atomic mass is 10.0. The number of hydrogen-bond donors (Lipinski definition) is 0. The summed E-state index contributed by atoms with van der Waals surface area (Å²) in [6.45, 7) is 5.70. The van der Waals surface area contributed by atoms with Gasteiger partial charge < -0.3 is 9.22 Å². The molecular weight excluding hydrogens is 270 g/mol. The highest BCUT2D eigenvalue weighted by Gasteiger charge is 2.26. The van der Waals surface area contributed by atoms with Gasteiger partial charge in [0, 0.05) is 18.9 Å². The molecule has 1 saturated heterocycles. The number of halogens is 1. The Balaban J connectivity index is 2.45. The molecule has 1 aliphatic rings. The van der Waals surface area contributed by atoms with Crippen LogP contribution >= 0.6 is 15.9 Å². The third kappa shape index (κ3) is 4.26. The zero-order valence-corrected chi connectivity index (χ0v) is 11.8. The van der Waals surface area contributed by atoms with Gasteiger partial charge in [-0.15, -0.1) is 0 Å². The van der Waals surface area contributed by atoms with Crippen molar-refractivity contribution in [1.29, 1.82) is 0 Å². The highest BCUT2D eigenvalue weighted by atomic mass is 79.9. The topological polar surface area (TPSA) is 26.3 Å². The van der Waals surface area contributed by atoms with Gasteiger partial charge in [-0.25, -0.2) is 4.79 Å². The SMILES string of the molecule is CCOC(=O)C=C1CC[N+](C)(CCBr)CC1. The van der Waals surface area contributed by atoms with Crippen LogP contribution in [0.3, 0.4) is 0 Å². The van der Waals surface area contributed by atoms with Crippen LogP contribution in [0.5, 0.6) is 0 Å². The van der Waals surface area contributed by atoms with Crippen LogP contribution in [0.4, 0.5) is 0 Å². The van der Waals surface area contributed by atoms with Gasteiger partial charge in [-0.05, 0) is 6.92 Å². The van der Waals surface area contributed by atoms with Gasteiger partial charge in [-0.2, -0.15) is 0 Å². The number of piperidine rings is 1. The van der Waals surface area contributed by atoms with E-state index in [1.807, 2.05) is 6.92 Å². The minimum atomic E-state index is -0.186. The van der Waals surface area contributed by atoms with Crippen LogP contribution in [0.15, 0.2) is 11.6 Å². The first kappa shape index (κ1) is 13.7. The van der Waals surface area contributed by atoms with Gasteiger partial charge in [0.1, 0.15) is 0 Å². The average Bonchev–Trinajstić information content (AvgIpc) is 2.22. The second kappa shape index (κ2) is 6.40. The molecule has 0 aromatic rings. The Bertz CT molecular complexity index is 266. The molecule has 0 N–H and O–H groups in total. The number of quaternary nitrogens is 1. The summed E-state index contributed by atoms with van der Waals surface area (Å²) < 4.78 is 6.02. The third-order valence-corrected chi connectivity index (χ3v) is 3.53. The van der Waals surface area contributed by atoms with Crippen LogP contribution < -0.4 is 0 Å². The van der Waals surface area contributed by atoms with Crippen molar-refractivity contribution in [3.63, 3.8) is 0 Å². The molecule has 0 aromatic heterocycles. The van der Waals surface area contributed by atoms with Gasteiger partial charge in [0.05, 0.1) is 38.6 Å². The zero-order chi connectivity index (χ0) is 12.0. The van der Waals surface area contributed by atoms with Gasteiger partial charge in [-0.1, -0.05) is 21.5 Å². The maximum atomic E-state index is 11.3. The molecule has 0 unspecified atom stereocenters. The van der Waals surface area contributed by atoms with Crippen molar-refractivity contribution in [2.45, 2.75) is 19.8 Å². The molecule has 0 amide bonds. The van der Waals surface area contributed by atoms with E-state index in [1.165, 1.54) is 5.57 Å². The number of hydrogen-bond acceptors (Lipinski definition) is 2. The molecule has 4 heteroatoms. The van der Waals surface area contributed by atoms with Crippen molar-refractivity contribution in [2.75, 3.05) is 38.6 Å². The van der Waals surface area contributed by atoms with Crippen molar-refractivity contribution in [3.05, 3.63) is 11.6 Å². The first-order valence-electron chi connectivity index (χ1n) is 5.85. The minimum Gasteiger partial charge on any atom is -0.463 e. The van der Waals surface area contributed by atoms with Crippen LogP contribution in [0.2, 0.25) is 0 Å². The van der Waals surface area contributed by atoms with Crippen LogP contribution in [0, 0.1) is 0 Å². The molecule has 3 nitrogen and oxygen atoms in total. The molecule has 1 fully saturated rings. The van der Waals surface area contributed by atoms with Gasteiger partial charge >= 0.3 is 5.97 Å². The predicted molar refractivity (Wildman–Crippen MR) is 68.5 cm³/mol. The van der Waals surface area contributed by atoms with E-state index in [-0.39, 0.29) is 5.97 Å². The summed E-state index contributed by atoms with van der Waals surface area (Å²) in [5.41, 5.74) is 1.24. The summed E-state index contributed by atoms with van der Waals surface area (Å²) in [6, 6.07) is 0. The second-order valence-electron chi connectivity index (χ2n) is 4.53. The van der Waals surface area contributed by atoms with Crippen molar-refractivity contribution >= 4 is 21.9 Å². The Hall–Kier alpha value is -0.350. The molecule has 16 heavy (non-hydrogen) atoms. The summed E-state index contributed by atoms with van der Waals surface area (Å²) in [5, 5.41) is 1.04. The standard InChI is InChI=1S/C12H21BrNO2/c1-3-16-12(15)10-11-4-7-14(2,8-5-11)9-6-13/h10H,3-9H2,1-2H3/q+1. The number of alkyl halides is 1. The van der Waals surface area contributed by atoms with Crippen LogP contribution in [0.1, 0.15) is 19.8 Å². The van der Waals surface area contributed by atoms with Crippen molar-refractivity contribution < 1.29 is 14.0 Å². The Morgan fingerprint density at radius 3 is 2.62 bits per heavy atom. The molecule has 0 saturated carbocycles. The first-order valence-corrected chi connectivity index (χ1v) is 6.97. The maximum Gasteiger partial charge on any atom is 0.330 e. The number of carbonyl (C=O) groups is 1. The number of ether oxygens (including phenoxy) is 1. The molecule has 92 valence electrons. The monoisotopic (exact) mass is 290 g/mol. The Kier molecular flexibility index (Phi) is 5.49. The lowest BCUT2D eigenvalue weighted by Crippen LogP contribution is -2.49. The maximum absolute atomic E-state index is 11.3. The summed E-state index contributed by atoms with van der Waals surface area (Å²) in [4.78, 5) is 11.3. The second-order valence-corrected chi connectivity index (χ2v) is 5.33. The molecule has 1 aliphatic heterocycles. The summed E-state index contributed by atoms with van der Waals surface area (Å²) in [5.74, 6) is -0.186. The van der Waals surface area contributed by atoms with E-state index in [4.69, 9.17) is 4.74 Å². The van der Waals surface area contributed by atoms with E-state index >= 15 is 0 Å². The Labute approximate surface area is 106 Å². The predicted octanol–water partition coefficient (Wildman–Crippen LogP) is 2.11. The molecule has 0 aliphatic carbocycles. The Morgan fingerprint density at radius 1 is 1.50 bits per heavy atom. The molecule has 0 radical (unpaired) electrons. The molecule has 0 aromatic carbocycles. The van der Waals surface area contributed by atoms with Crippen molar-refractivity contribution in [2.24, 2.45) is 0 Å². The lowest BCUT2D eigenvalue weighted by molar-refractivity contribution is -0.909. The lowest BCUT2D eigenvalue weighted by Gasteiger charge is -2.38. The fraction of sp³-hybridized carbons (Fsp3) is 0.750. The van der Waals surface area contributed by atoms with Crippen LogP contribution in [-0.4, -0.2) is 49.1 Å². The van der Waals surface area contributed by atoms with E-state index in [1.54, 1.807) is 6.08 Å². The molecule has 0 spiro atoms. The largest absolute Gasteiger partial charge is 0.463 e. The highest BCUT2D eigenvalue weighted by molar-refractivity contribution is 9.09. The molecule has 1 rings (SSSR count). The fourth-order valence-electron chi connectivity index (χ4n) is 1.99. The van der Waals surface area contributed by atoms with Crippen LogP contribution in [0.25, 0.3) is 0 Å². The van der Waals surface area contributed by atoms with E-state index < -0.39 is 0 Å². The zero-order valence-electron chi connectivity index (χ0n) is 10.2. The van der Waals surface area contributed by atoms with Gasteiger partial charge in [0.25, 0.3) is 0 Å². The molecule has 0 bridgehead atoms. The quantitative estimate of drug-likeness (QED) is 0.343. The smallest absolute Gasteiger partial charge is 0.330 e. The number of nitrogens with zero attached hydrogens (tertiary/aromatic N) is 1. The average molecular weight is 291 g/mol. The highest BCUT2D eigenvalue weighted by Crippen LogP contribution is 2.21. The van der Waals surface area contributed by atoms with E-state index in [2.05, 4.69) is 23.0 Å². The Morgan fingerprint density at radius 2 is 2.12 bits per heavy atom. The van der Waals surface area contributed by atoms with Gasteiger partial charge in [0.15, 0.2) is 0 Å². The van der Waals surface area contributed by atoms with Crippen LogP contribution in [-0.2, 0) is 9.53 Å². The third-order valence-electron chi connectivity index (χ3n) is 3.18. The normalized spacial score (nSPS) is 25.3. The summed E-state index contributed by atoms with van der Waals surface area (Å²) in [7, 11) is 2.28. The molecular formula is C12H21BrNO2+. The number of likely N-dealkylation sites (tertiary alicyclic amines) is 1. The van der Waals surface area contributed by atoms with Crippen molar-refractivity contribution in [3.8, 4) is 0 Å². The number of esters is 1. The molecule has 1 heterocycles. The fourth-order valence-corrected chi connectivity index (χ4v) is 2.84. The van der Waals surface area contributed by atoms with Gasteiger partial charge in [0.2, 0.25) is 0 Å². The van der Waals surface area contributed by atoms with E-state index in [9.17, 15) is 4.79 Å². The van der Waals surface area contributed by atoms with E-state index in [0.717, 1.165) is 42.3 Å². The minimum absolute atomic E-state index is 0.186. The summed E-state index contributed by atoms with van der Waals surface area (Å²) in [6.07, 6.45) is 3.71. The van der Waals surface area contributed by atoms with Crippen molar-refractivity contribution in [1.82, 2.24) is 0 Å². The number of rotatable bonds is 4.